The van der Waals surface area contributed by atoms with Crippen molar-refractivity contribution in [2.45, 2.75) is 132 Å². The van der Waals surface area contributed by atoms with Gasteiger partial charge in [0.2, 0.25) is 0 Å². The number of ketones is 1. The summed E-state index contributed by atoms with van der Waals surface area (Å²) in [5.41, 5.74) is 5.44. The lowest BCUT2D eigenvalue weighted by molar-refractivity contribution is -0.170. The molecule has 5 aliphatic rings. The molecule has 5 aliphatic carbocycles. The average Bonchev–Trinajstić information content (AvgIpc) is 3.43. The van der Waals surface area contributed by atoms with Gasteiger partial charge in [-0.2, -0.15) is 0 Å². The number of fused-ring (bicyclic) bond motifs is 2. The van der Waals surface area contributed by atoms with Gasteiger partial charge in [-0.25, -0.2) is 0 Å². The Kier molecular flexibility index (Phi) is 6.63. The first-order chi connectivity index (χ1) is 17.8. The summed E-state index contributed by atoms with van der Waals surface area (Å²) >= 11 is 0. The zero-order valence-corrected chi connectivity index (χ0v) is 26.7. The highest BCUT2D eigenvalue weighted by molar-refractivity contribution is 5.92. The maximum Gasteiger partial charge on any atom is 0.311 e. The second kappa shape index (κ2) is 8.77. The Labute approximate surface area is 237 Å². The molecule has 5 saturated carbocycles. The van der Waals surface area contributed by atoms with Gasteiger partial charge < -0.3 is 15.4 Å². The molecule has 0 bridgehead atoms. The number of hydrogen-bond donors (Lipinski definition) is 2. The van der Waals surface area contributed by atoms with Gasteiger partial charge in [-0.3, -0.25) is 14.9 Å². The van der Waals surface area contributed by atoms with Crippen molar-refractivity contribution >= 4 is 11.8 Å². The third kappa shape index (κ3) is 3.75. The van der Waals surface area contributed by atoms with E-state index in [9.17, 15) is 9.59 Å². The maximum absolute atomic E-state index is 14.7. The number of carbonyl (C=O) groups is 2. The van der Waals surface area contributed by atoms with Crippen LogP contribution in [0, 0.1) is 50.2 Å². The molecule has 0 saturated heterocycles. The summed E-state index contributed by atoms with van der Waals surface area (Å²) in [7, 11) is 4.24. The lowest BCUT2D eigenvalue weighted by Gasteiger charge is -2.62. The minimum absolute atomic E-state index is 0.0226. The molecule has 3 unspecified atom stereocenters. The van der Waals surface area contributed by atoms with Gasteiger partial charge in [-0.05, 0) is 121 Å². The van der Waals surface area contributed by atoms with Crippen LogP contribution in [-0.2, 0) is 14.3 Å². The molecule has 0 radical (unpaired) electrons. The fourth-order valence-electron chi connectivity index (χ4n) is 11.4. The summed E-state index contributed by atoms with van der Waals surface area (Å²) in [6, 6.07) is 0.597. The van der Waals surface area contributed by atoms with Gasteiger partial charge in [0.1, 0.15) is 11.9 Å². The van der Waals surface area contributed by atoms with Crippen molar-refractivity contribution in [1.29, 1.82) is 0 Å². The lowest BCUT2D eigenvalue weighted by Crippen LogP contribution is -2.63. The van der Waals surface area contributed by atoms with Crippen molar-refractivity contribution in [2.24, 2.45) is 56.0 Å². The Morgan fingerprint density at radius 2 is 1.67 bits per heavy atom. The number of nitrogens with two attached hydrogens (primary N) is 1. The predicted octanol–water partition coefficient (Wildman–Crippen LogP) is 5.39. The number of ether oxygens (including phenoxy) is 1. The second-order valence-electron chi connectivity index (χ2n) is 16.9. The summed E-state index contributed by atoms with van der Waals surface area (Å²) in [4.78, 5) is 30.2. The van der Waals surface area contributed by atoms with E-state index in [2.05, 4.69) is 58.9 Å². The monoisotopic (exact) mass is 543 g/mol. The number of esters is 1. The minimum Gasteiger partial charge on any atom is -0.462 e. The Bertz CT molecular complexity index is 1030. The lowest BCUT2D eigenvalue weighted by atomic mass is 9.41. The first-order valence-corrected chi connectivity index (χ1v) is 15.7. The molecule has 0 amide bonds. The van der Waals surface area contributed by atoms with Crippen LogP contribution in [0.2, 0.25) is 0 Å². The van der Waals surface area contributed by atoms with Gasteiger partial charge in [-0.1, -0.05) is 27.7 Å². The average molecular weight is 544 g/mol. The summed E-state index contributed by atoms with van der Waals surface area (Å²) in [5.74, 6) is 1.42. The number of nitrogens with one attached hydrogen (secondary N) is 1. The van der Waals surface area contributed by atoms with Gasteiger partial charge in [-0.15, -0.1) is 0 Å². The van der Waals surface area contributed by atoms with E-state index in [0.29, 0.717) is 30.1 Å². The molecule has 2 spiro atoms. The molecule has 5 fully saturated rings. The van der Waals surface area contributed by atoms with Crippen LogP contribution in [0.5, 0.6) is 0 Å². The van der Waals surface area contributed by atoms with Gasteiger partial charge in [0.15, 0.2) is 0 Å². The van der Waals surface area contributed by atoms with Gasteiger partial charge >= 0.3 is 5.97 Å². The Hall–Kier alpha value is -0.980. The first-order valence-electron chi connectivity index (χ1n) is 15.7. The molecule has 0 heterocycles. The zero-order chi connectivity index (χ0) is 29.1. The van der Waals surface area contributed by atoms with E-state index in [0.717, 1.165) is 32.1 Å². The molecule has 6 heteroatoms. The second-order valence-corrected chi connectivity index (χ2v) is 16.9. The molecular formula is C33H57N3O3. The number of hydrogen-bond acceptors (Lipinski definition) is 6. The third-order valence-corrected chi connectivity index (χ3v) is 13.6. The molecule has 0 aliphatic heterocycles. The normalized spacial score (nSPS) is 47.9. The Morgan fingerprint density at radius 1 is 1.05 bits per heavy atom. The van der Waals surface area contributed by atoms with Crippen molar-refractivity contribution in [3.63, 3.8) is 0 Å². The molecule has 0 aromatic rings. The minimum atomic E-state index is -0.545. The summed E-state index contributed by atoms with van der Waals surface area (Å²) in [5, 5.41) is 3.68. The van der Waals surface area contributed by atoms with E-state index in [1.165, 1.54) is 6.42 Å². The number of Topliss-reactive ketones (excluding diaryl/α,β-unsaturated/α-hetero) is 1. The highest BCUT2D eigenvalue weighted by atomic mass is 16.5. The van der Waals surface area contributed by atoms with E-state index < -0.39 is 5.41 Å². The number of rotatable bonds is 5. The SMILES string of the molecule is CC([C@H]1[C@H](OC(=O)C(C)(C)C)C[C@@]2(C)[C@@H]3CC[C@H]4C(C)(C)C(N[C@@H](C)N)CC[C@@]45CC35C(=O)C[C@]12C)N(C)C. The van der Waals surface area contributed by atoms with E-state index >= 15 is 0 Å². The largest absolute Gasteiger partial charge is 0.462 e. The van der Waals surface area contributed by atoms with Crippen molar-refractivity contribution in [3.05, 3.63) is 0 Å². The molecule has 5 rings (SSSR count). The van der Waals surface area contributed by atoms with Crippen LogP contribution in [0.3, 0.4) is 0 Å². The van der Waals surface area contributed by atoms with E-state index in [1.54, 1.807) is 0 Å². The molecular weight excluding hydrogens is 486 g/mol. The van der Waals surface area contributed by atoms with Crippen LogP contribution in [0.4, 0.5) is 0 Å². The standard InChI is InChI=1S/C33H57N3O3/c1-19(36(10)11)26-21(39-27(38)28(3,4)5)16-30(8)23-13-12-22-29(6,7)24(35-20(2)34)14-15-32(22)18-33(23,32)25(37)17-31(26,30)9/h19-24,26,35H,12-18,34H2,1-11H3/t19?,20-,21+,22-,23-,24?,26-,30-,31+,32+,33?/m0/s1. The quantitative estimate of drug-likeness (QED) is 0.358. The van der Waals surface area contributed by atoms with Crippen LogP contribution < -0.4 is 11.1 Å². The van der Waals surface area contributed by atoms with Crippen LogP contribution >= 0.6 is 0 Å². The van der Waals surface area contributed by atoms with Crippen molar-refractivity contribution in [2.75, 3.05) is 14.1 Å². The predicted molar refractivity (Wildman–Crippen MR) is 156 cm³/mol. The van der Waals surface area contributed by atoms with Crippen molar-refractivity contribution < 1.29 is 14.3 Å². The van der Waals surface area contributed by atoms with Gasteiger partial charge in [0.25, 0.3) is 0 Å². The van der Waals surface area contributed by atoms with Crippen molar-refractivity contribution in [1.82, 2.24) is 10.2 Å². The Morgan fingerprint density at radius 3 is 2.23 bits per heavy atom. The van der Waals surface area contributed by atoms with Crippen LogP contribution in [0.1, 0.15) is 107 Å². The molecule has 11 atom stereocenters. The van der Waals surface area contributed by atoms with Gasteiger partial charge in [0.05, 0.1) is 11.6 Å². The first kappa shape index (κ1) is 29.5. The summed E-state index contributed by atoms with van der Waals surface area (Å²) < 4.78 is 6.44. The topological polar surface area (TPSA) is 84.7 Å². The molecule has 39 heavy (non-hydrogen) atoms. The van der Waals surface area contributed by atoms with E-state index in [4.69, 9.17) is 10.5 Å². The smallest absolute Gasteiger partial charge is 0.311 e. The van der Waals surface area contributed by atoms with Crippen LogP contribution in [0.25, 0.3) is 0 Å². The van der Waals surface area contributed by atoms with E-state index in [1.807, 2.05) is 27.7 Å². The zero-order valence-electron chi connectivity index (χ0n) is 26.7. The fraction of sp³-hybridized carbons (Fsp3) is 0.939. The van der Waals surface area contributed by atoms with E-state index in [-0.39, 0.29) is 57.3 Å². The van der Waals surface area contributed by atoms with Crippen LogP contribution in [0.15, 0.2) is 0 Å². The molecule has 0 aromatic carbocycles. The Balaban J connectivity index is 1.54. The summed E-state index contributed by atoms with van der Waals surface area (Å²) in [6.07, 6.45) is 6.85. The number of carbonyl (C=O) groups excluding carboxylic acids is 2. The summed E-state index contributed by atoms with van der Waals surface area (Å²) in [6.45, 7) is 19.8. The fourth-order valence-corrected chi connectivity index (χ4v) is 11.4. The molecule has 0 aromatic heterocycles. The van der Waals surface area contributed by atoms with Crippen LogP contribution in [-0.4, -0.2) is 55.1 Å². The van der Waals surface area contributed by atoms with Gasteiger partial charge in [0, 0.05) is 29.8 Å². The van der Waals surface area contributed by atoms with Crippen molar-refractivity contribution in [3.8, 4) is 0 Å². The highest BCUT2D eigenvalue weighted by Gasteiger charge is 2.86. The third-order valence-electron chi connectivity index (χ3n) is 13.6. The molecule has 3 N–H and O–H groups in total. The number of nitrogens with zero attached hydrogens (tertiary/aromatic N) is 1. The maximum atomic E-state index is 14.7. The highest BCUT2D eigenvalue weighted by Crippen LogP contribution is 2.88. The molecule has 222 valence electrons. The molecule has 6 nitrogen and oxygen atoms in total.